The third kappa shape index (κ3) is 5.66. The van der Waals surface area contributed by atoms with Crippen LogP contribution in [0, 0.1) is 5.92 Å². The quantitative estimate of drug-likeness (QED) is 0.528. The molecule has 2 amide bonds. The third-order valence-electron chi connectivity index (χ3n) is 5.88. The van der Waals surface area contributed by atoms with Crippen molar-refractivity contribution in [2.24, 2.45) is 5.92 Å². The fourth-order valence-corrected chi connectivity index (χ4v) is 3.88. The number of hydrogen-bond donors (Lipinski definition) is 3. The van der Waals surface area contributed by atoms with Gasteiger partial charge in [0.1, 0.15) is 12.6 Å². The van der Waals surface area contributed by atoms with Crippen molar-refractivity contribution in [1.29, 1.82) is 0 Å². The number of carboxylic acid groups (broad SMARTS) is 1. The van der Waals surface area contributed by atoms with Crippen LogP contribution in [0.15, 0.2) is 48.5 Å². The van der Waals surface area contributed by atoms with Crippen molar-refractivity contribution in [3.05, 3.63) is 59.7 Å². The van der Waals surface area contributed by atoms with Crippen LogP contribution in [0.2, 0.25) is 0 Å². The highest BCUT2D eigenvalue weighted by Gasteiger charge is 2.31. The number of amides is 2. The summed E-state index contributed by atoms with van der Waals surface area (Å²) in [4.78, 5) is 35.8. The lowest BCUT2D eigenvalue weighted by molar-refractivity contribution is -0.143. The smallest absolute Gasteiger partial charge is 0.407 e. The minimum Gasteiger partial charge on any atom is -0.480 e. The van der Waals surface area contributed by atoms with Gasteiger partial charge in [0.25, 0.3) is 0 Å². The summed E-state index contributed by atoms with van der Waals surface area (Å²) in [6, 6.07) is 13.4. The molecule has 7 nitrogen and oxygen atoms in total. The number of nitrogens with one attached hydrogen (secondary N) is 2. The number of carbonyl (C=O) groups excluding carboxylic acids is 2. The van der Waals surface area contributed by atoms with Gasteiger partial charge in [-0.25, -0.2) is 18.4 Å². The maximum atomic E-state index is 12.5. The van der Waals surface area contributed by atoms with E-state index in [1.165, 1.54) is 6.92 Å². The zero-order valence-corrected chi connectivity index (χ0v) is 18.3. The predicted molar refractivity (Wildman–Crippen MR) is 117 cm³/mol. The highest BCUT2D eigenvalue weighted by atomic mass is 19.3. The van der Waals surface area contributed by atoms with E-state index >= 15 is 0 Å². The van der Waals surface area contributed by atoms with Crippen LogP contribution in [-0.2, 0) is 14.3 Å². The van der Waals surface area contributed by atoms with E-state index in [1.54, 1.807) is 6.92 Å². The first-order chi connectivity index (χ1) is 15.7. The SMILES string of the molecule is CC(NC(=O)OCC1c2ccccc2-c2ccccc21)C(C)C(=O)NC(CC(F)F)C(=O)O. The molecule has 3 N–H and O–H groups in total. The standard InChI is InChI=1S/C24H26F2N2O5/c1-13(22(29)28-20(23(30)31)11-21(25)26)14(2)27-24(32)33-12-19-17-9-5-3-7-15(17)16-8-4-6-10-18(16)19/h3-10,13-14,19-21H,11-12H2,1-2H3,(H,27,32)(H,28,29)(H,30,31). The van der Waals surface area contributed by atoms with E-state index in [1.807, 2.05) is 48.5 Å². The summed E-state index contributed by atoms with van der Waals surface area (Å²) >= 11 is 0. The molecule has 0 fully saturated rings. The lowest BCUT2D eigenvalue weighted by Gasteiger charge is -2.23. The fourth-order valence-electron chi connectivity index (χ4n) is 3.88. The van der Waals surface area contributed by atoms with Gasteiger partial charge in [-0.2, -0.15) is 0 Å². The molecule has 3 unspecified atom stereocenters. The summed E-state index contributed by atoms with van der Waals surface area (Å²) in [5.74, 6) is -3.29. The van der Waals surface area contributed by atoms with Crippen molar-refractivity contribution in [3.8, 4) is 11.1 Å². The average molecular weight is 460 g/mol. The van der Waals surface area contributed by atoms with E-state index in [0.717, 1.165) is 22.3 Å². The van der Waals surface area contributed by atoms with Gasteiger partial charge >= 0.3 is 12.1 Å². The zero-order chi connectivity index (χ0) is 24.1. The van der Waals surface area contributed by atoms with E-state index in [9.17, 15) is 23.2 Å². The molecule has 9 heteroatoms. The Kier molecular flexibility index (Phi) is 7.63. The largest absolute Gasteiger partial charge is 0.480 e. The van der Waals surface area contributed by atoms with Gasteiger partial charge in [-0.1, -0.05) is 55.5 Å². The molecule has 2 aromatic carbocycles. The van der Waals surface area contributed by atoms with Crippen molar-refractivity contribution in [3.63, 3.8) is 0 Å². The molecule has 0 aromatic heterocycles. The second-order valence-corrected chi connectivity index (χ2v) is 8.07. The third-order valence-corrected chi connectivity index (χ3v) is 5.88. The molecule has 176 valence electrons. The number of carboxylic acids is 1. The number of hydrogen-bond acceptors (Lipinski definition) is 4. The Bertz CT molecular complexity index is 984. The highest BCUT2D eigenvalue weighted by molar-refractivity contribution is 5.85. The van der Waals surface area contributed by atoms with Gasteiger partial charge in [0.05, 0.1) is 5.92 Å². The number of benzene rings is 2. The highest BCUT2D eigenvalue weighted by Crippen LogP contribution is 2.44. The molecule has 0 saturated carbocycles. The lowest BCUT2D eigenvalue weighted by Crippen LogP contribution is -2.49. The maximum Gasteiger partial charge on any atom is 0.407 e. The number of aliphatic carboxylic acids is 1. The van der Waals surface area contributed by atoms with E-state index in [0.29, 0.717) is 0 Å². The number of fused-ring (bicyclic) bond motifs is 3. The second-order valence-electron chi connectivity index (χ2n) is 8.07. The van der Waals surface area contributed by atoms with E-state index in [2.05, 4.69) is 10.6 Å². The molecule has 0 spiro atoms. The summed E-state index contributed by atoms with van der Waals surface area (Å²) < 4.78 is 30.5. The van der Waals surface area contributed by atoms with Crippen LogP contribution >= 0.6 is 0 Å². The predicted octanol–water partition coefficient (Wildman–Crippen LogP) is 3.77. The van der Waals surface area contributed by atoms with Crippen LogP contribution < -0.4 is 10.6 Å². The topological polar surface area (TPSA) is 105 Å². The van der Waals surface area contributed by atoms with Crippen molar-refractivity contribution in [1.82, 2.24) is 10.6 Å². The number of alkyl halides is 2. The average Bonchev–Trinajstić information content (AvgIpc) is 3.10. The van der Waals surface area contributed by atoms with Gasteiger partial charge in [0.2, 0.25) is 12.3 Å². The summed E-state index contributed by atoms with van der Waals surface area (Å²) in [6.45, 7) is 3.11. The molecule has 2 aromatic rings. The summed E-state index contributed by atoms with van der Waals surface area (Å²) in [5, 5.41) is 13.7. The van der Waals surface area contributed by atoms with Gasteiger partial charge in [-0.3, -0.25) is 4.79 Å². The number of ether oxygens (including phenoxy) is 1. The molecular weight excluding hydrogens is 434 g/mol. The first-order valence-electron chi connectivity index (χ1n) is 10.6. The Balaban J connectivity index is 1.56. The normalized spacial score (nSPS) is 15.2. The lowest BCUT2D eigenvalue weighted by atomic mass is 9.98. The van der Waals surface area contributed by atoms with Crippen LogP contribution in [0.3, 0.4) is 0 Å². The Morgan fingerprint density at radius 2 is 1.52 bits per heavy atom. The van der Waals surface area contributed by atoms with E-state index in [-0.39, 0.29) is 12.5 Å². The minimum atomic E-state index is -2.88. The number of rotatable bonds is 9. The molecule has 0 heterocycles. The van der Waals surface area contributed by atoms with Crippen molar-refractivity contribution in [2.75, 3.05) is 6.61 Å². The Hall–Kier alpha value is -3.49. The minimum absolute atomic E-state index is 0.0998. The van der Waals surface area contributed by atoms with Gasteiger partial charge < -0.3 is 20.5 Å². The van der Waals surface area contributed by atoms with Crippen LogP contribution in [0.5, 0.6) is 0 Å². The Morgan fingerprint density at radius 3 is 2.03 bits per heavy atom. The summed E-state index contributed by atoms with van der Waals surface area (Å²) in [7, 11) is 0. The van der Waals surface area contributed by atoms with E-state index in [4.69, 9.17) is 9.84 Å². The van der Waals surface area contributed by atoms with Crippen LogP contribution in [0.4, 0.5) is 13.6 Å². The molecular formula is C24H26F2N2O5. The monoisotopic (exact) mass is 460 g/mol. The molecule has 1 aliphatic rings. The van der Waals surface area contributed by atoms with Crippen molar-refractivity contribution in [2.45, 2.75) is 44.7 Å². The Morgan fingerprint density at radius 1 is 0.970 bits per heavy atom. The summed E-state index contributed by atoms with van der Waals surface area (Å²) in [6.07, 6.45) is -4.61. The number of carbonyl (C=O) groups is 3. The van der Waals surface area contributed by atoms with Crippen molar-refractivity contribution < 1.29 is 33.0 Å². The second kappa shape index (κ2) is 10.4. The molecule has 0 aliphatic heterocycles. The van der Waals surface area contributed by atoms with Gasteiger partial charge in [-0.15, -0.1) is 0 Å². The van der Waals surface area contributed by atoms with Gasteiger partial charge in [-0.05, 0) is 29.2 Å². The summed E-state index contributed by atoms with van der Waals surface area (Å²) in [5.41, 5.74) is 4.31. The van der Waals surface area contributed by atoms with Crippen LogP contribution in [0.1, 0.15) is 37.3 Å². The fraction of sp³-hybridized carbons (Fsp3) is 0.375. The van der Waals surface area contributed by atoms with Crippen LogP contribution in [0.25, 0.3) is 11.1 Å². The van der Waals surface area contributed by atoms with Crippen LogP contribution in [-0.4, -0.2) is 48.2 Å². The Labute approximate surface area is 190 Å². The van der Waals surface area contributed by atoms with Gasteiger partial charge in [0, 0.05) is 18.4 Å². The molecule has 3 atom stereocenters. The molecule has 1 aliphatic carbocycles. The van der Waals surface area contributed by atoms with E-state index < -0.39 is 48.8 Å². The van der Waals surface area contributed by atoms with Gasteiger partial charge in [0.15, 0.2) is 0 Å². The maximum absolute atomic E-state index is 12.5. The molecule has 0 bridgehead atoms. The molecule has 0 saturated heterocycles. The first kappa shape index (κ1) is 24.2. The molecule has 0 radical (unpaired) electrons. The zero-order valence-electron chi connectivity index (χ0n) is 18.3. The van der Waals surface area contributed by atoms with Crippen molar-refractivity contribution >= 4 is 18.0 Å². The number of halogens is 2. The first-order valence-corrected chi connectivity index (χ1v) is 10.6. The molecule has 3 rings (SSSR count). The molecule has 33 heavy (non-hydrogen) atoms. The number of alkyl carbamates (subject to hydrolysis) is 1.